The molecular formula is C23H19N3O3. The Kier molecular flexibility index (Phi) is 5.07. The van der Waals surface area contributed by atoms with Gasteiger partial charge in [-0.15, -0.1) is 0 Å². The Labute approximate surface area is 168 Å². The lowest BCUT2D eigenvalue weighted by atomic mass is 9.96. The summed E-state index contributed by atoms with van der Waals surface area (Å²) in [5.74, 6) is 1.37. The standard InChI is InChI=1S/C23H19N3O3/c1-28-17-9-5-15(6-10-17)25-20-14-21(23(27)19-4-3-13-24-22(19)20)26-16-7-11-18(29-2)12-8-16/h3-14,26H,1-2H3. The molecule has 1 heterocycles. The van der Waals surface area contributed by atoms with Crippen LogP contribution < -0.4 is 14.8 Å². The SMILES string of the molecule is COc1ccc(N=C2C=C(Nc3ccc(OC)cc3)C(=O)c3cccnc32)cc1. The van der Waals surface area contributed by atoms with E-state index < -0.39 is 0 Å². The summed E-state index contributed by atoms with van der Waals surface area (Å²) in [7, 11) is 3.23. The monoisotopic (exact) mass is 385 g/mol. The molecular weight excluding hydrogens is 366 g/mol. The fourth-order valence-electron chi connectivity index (χ4n) is 3.01. The lowest BCUT2D eigenvalue weighted by Crippen LogP contribution is -2.23. The van der Waals surface area contributed by atoms with E-state index >= 15 is 0 Å². The number of nitrogens with one attached hydrogen (secondary N) is 1. The molecule has 1 aliphatic rings. The number of methoxy groups -OCH3 is 2. The third-order valence-corrected chi connectivity index (χ3v) is 4.51. The smallest absolute Gasteiger partial charge is 0.211 e. The van der Waals surface area contributed by atoms with E-state index in [4.69, 9.17) is 14.5 Å². The van der Waals surface area contributed by atoms with Gasteiger partial charge < -0.3 is 14.8 Å². The summed E-state index contributed by atoms with van der Waals surface area (Å²) >= 11 is 0. The van der Waals surface area contributed by atoms with Crippen LogP contribution in [0.5, 0.6) is 11.5 Å². The number of carbonyl (C=O) groups excluding carboxylic acids is 1. The molecule has 4 rings (SSSR count). The minimum Gasteiger partial charge on any atom is -0.497 e. The zero-order valence-corrected chi connectivity index (χ0v) is 16.0. The van der Waals surface area contributed by atoms with Crippen LogP contribution in [0.15, 0.2) is 83.6 Å². The van der Waals surface area contributed by atoms with Gasteiger partial charge in [0.05, 0.1) is 42.6 Å². The van der Waals surface area contributed by atoms with E-state index in [9.17, 15) is 4.79 Å². The zero-order valence-electron chi connectivity index (χ0n) is 16.0. The van der Waals surface area contributed by atoms with Gasteiger partial charge >= 0.3 is 0 Å². The summed E-state index contributed by atoms with van der Waals surface area (Å²) in [5.41, 5.74) is 3.64. The van der Waals surface area contributed by atoms with Crippen LogP contribution in [0.4, 0.5) is 11.4 Å². The Bertz CT molecular complexity index is 1100. The highest BCUT2D eigenvalue weighted by atomic mass is 16.5. The number of rotatable bonds is 5. The minimum atomic E-state index is -0.127. The van der Waals surface area contributed by atoms with E-state index in [2.05, 4.69) is 10.3 Å². The van der Waals surface area contributed by atoms with Gasteiger partial charge in [-0.05, 0) is 66.7 Å². The average Bonchev–Trinajstić information content (AvgIpc) is 2.78. The molecule has 6 heteroatoms. The highest BCUT2D eigenvalue weighted by Crippen LogP contribution is 2.26. The number of ether oxygens (including phenoxy) is 2. The molecule has 1 aliphatic carbocycles. The number of anilines is 1. The highest BCUT2D eigenvalue weighted by molar-refractivity contribution is 6.26. The molecule has 1 aromatic heterocycles. The van der Waals surface area contributed by atoms with Crippen LogP contribution in [-0.2, 0) is 0 Å². The average molecular weight is 385 g/mol. The Morgan fingerprint density at radius 2 is 1.55 bits per heavy atom. The van der Waals surface area contributed by atoms with Gasteiger partial charge in [0.25, 0.3) is 0 Å². The summed E-state index contributed by atoms with van der Waals surface area (Å²) < 4.78 is 10.4. The second kappa shape index (κ2) is 7.98. The largest absolute Gasteiger partial charge is 0.497 e. The molecule has 1 N–H and O–H groups in total. The molecule has 0 saturated carbocycles. The Morgan fingerprint density at radius 3 is 2.21 bits per heavy atom. The van der Waals surface area contributed by atoms with Crippen molar-refractivity contribution in [2.24, 2.45) is 4.99 Å². The van der Waals surface area contributed by atoms with E-state index in [0.717, 1.165) is 22.9 Å². The number of Topliss-reactive ketones (excluding diaryl/α,β-unsaturated/α-hetero) is 1. The Hall–Kier alpha value is -3.93. The fraction of sp³-hybridized carbons (Fsp3) is 0.0870. The van der Waals surface area contributed by atoms with Gasteiger partial charge in [0.1, 0.15) is 11.5 Å². The molecule has 0 fully saturated rings. The van der Waals surface area contributed by atoms with Gasteiger partial charge in [-0.25, -0.2) is 4.99 Å². The first-order valence-corrected chi connectivity index (χ1v) is 9.03. The first kappa shape index (κ1) is 18.4. The number of aromatic nitrogens is 1. The molecule has 0 bridgehead atoms. The van der Waals surface area contributed by atoms with Crippen molar-refractivity contribution in [1.82, 2.24) is 4.98 Å². The molecule has 0 radical (unpaired) electrons. The number of hydrogen-bond acceptors (Lipinski definition) is 6. The maximum Gasteiger partial charge on any atom is 0.211 e. The lowest BCUT2D eigenvalue weighted by molar-refractivity contribution is 0.103. The molecule has 6 nitrogen and oxygen atoms in total. The molecule has 0 spiro atoms. The Morgan fingerprint density at radius 1 is 0.897 bits per heavy atom. The Balaban J connectivity index is 1.72. The highest BCUT2D eigenvalue weighted by Gasteiger charge is 2.25. The lowest BCUT2D eigenvalue weighted by Gasteiger charge is -2.18. The number of hydrogen-bond donors (Lipinski definition) is 1. The van der Waals surface area contributed by atoms with Crippen LogP contribution in [0.25, 0.3) is 0 Å². The van der Waals surface area contributed by atoms with Crippen molar-refractivity contribution in [3.8, 4) is 11.5 Å². The molecule has 2 aromatic carbocycles. The number of allylic oxidation sites excluding steroid dienone is 2. The number of fused-ring (bicyclic) bond motifs is 1. The van der Waals surface area contributed by atoms with Crippen molar-refractivity contribution in [3.05, 3.63) is 89.9 Å². The van der Waals surface area contributed by atoms with Crippen molar-refractivity contribution < 1.29 is 14.3 Å². The minimum absolute atomic E-state index is 0.127. The van der Waals surface area contributed by atoms with Gasteiger partial charge in [-0.2, -0.15) is 0 Å². The van der Waals surface area contributed by atoms with Gasteiger partial charge in [0.2, 0.25) is 5.78 Å². The van der Waals surface area contributed by atoms with Crippen LogP contribution in [0.1, 0.15) is 16.1 Å². The molecule has 0 unspecified atom stereocenters. The number of carbonyl (C=O) groups is 1. The third-order valence-electron chi connectivity index (χ3n) is 4.51. The molecule has 0 amide bonds. The van der Waals surface area contributed by atoms with Crippen molar-refractivity contribution >= 4 is 22.9 Å². The van der Waals surface area contributed by atoms with Crippen LogP contribution in [-0.4, -0.2) is 30.7 Å². The van der Waals surface area contributed by atoms with Gasteiger partial charge in [-0.1, -0.05) is 0 Å². The van der Waals surface area contributed by atoms with Gasteiger partial charge in [0.15, 0.2) is 0 Å². The summed E-state index contributed by atoms with van der Waals surface area (Å²) in [4.78, 5) is 22.0. The van der Waals surface area contributed by atoms with Crippen LogP contribution in [0.3, 0.4) is 0 Å². The van der Waals surface area contributed by atoms with E-state index in [1.807, 2.05) is 48.5 Å². The summed E-state index contributed by atoms with van der Waals surface area (Å²) in [6.45, 7) is 0. The van der Waals surface area contributed by atoms with E-state index in [1.54, 1.807) is 38.6 Å². The van der Waals surface area contributed by atoms with Crippen LogP contribution in [0, 0.1) is 0 Å². The third kappa shape index (κ3) is 3.87. The molecule has 0 saturated heterocycles. The molecule has 3 aromatic rings. The predicted molar refractivity (Wildman–Crippen MR) is 112 cm³/mol. The summed E-state index contributed by atoms with van der Waals surface area (Å²) in [5, 5.41) is 3.18. The zero-order chi connectivity index (χ0) is 20.2. The van der Waals surface area contributed by atoms with E-state index in [0.29, 0.717) is 22.7 Å². The quantitative estimate of drug-likeness (QED) is 0.704. The topological polar surface area (TPSA) is 72.8 Å². The fourth-order valence-corrected chi connectivity index (χ4v) is 3.01. The first-order chi connectivity index (χ1) is 14.2. The van der Waals surface area contributed by atoms with Gasteiger partial charge in [0, 0.05) is 11.9 Å². The maximum absolute atomic E-state index is 13.0. The van der Waals surface area contributed by atoms with Crippen LogP contribution in [0.2, 0.25) is 0 Å². The van der Waals surface area contributed by atoms with Crippen molar-refractivity contribution in [1.29, 1.82) is 0 Å². The number of benzene rings is 2. The van der Waals surface area contributed by atoms with E-state index in [1.165, 1.54) is 0 Å². The van der Waals surface area contributed by atoms with Gasteiger partial charge in [-0.3, -0.25) is 9.78 Å². The number of nitrogens with zero attached hydrogens (tertiary/aromatic N) is 2. The number of aliphatic imine (C=N–C) groups is 1. The van der Waals surface area contributed by atoms with Crippen molar-refractivity contribution in [2.45, 2.75) is 0 Å². The summed E-state index contributed by atoms with van der Waals surface area (Å²) in [6, 6.07) is 18.3. The first-order valence-electron chi connectivity index (χ1n) is 9.03. The molecule has 0 aliphatic heterocycles. The number of ketones is 1. The molecule has 29 heavy (non-hydrogen) atoms. The second-order valence-electron chi connectivity index (χ2n) is 6.34. The summed E-state index contributed by atoms with van der Waals surface area (Å²) in [6.07, 6.45) is 3.39. The van der Waals surface area contributed by atoms with Crippen molar-refractivity contribution in [3.63, 3.8) is 0 Å². The normalized spacial score (nSPS) is 14.2. The number of pyridine rings is 1. The van der Waals surface area contributed by atoms with Crippen molar-refractivity contribution in [2.75, 3.05) is 19.5 Å². The predicted octanol–water partition coefficient (Wildman–Crippen LogP) is 4.41. The maximum atomic E-state index is 13.0. The second-order valence-corrected chi connectivity index (χ2v) is 6.34. The van der Waals surface area contributed by atoms with E-state index in [-0.39, 0.29) is 5.78 Å². The molecule has 144 valence electrons. The van der Waals surface area contributed by atoms with Crippen LogP contribution >= 0.6 is 0 Å². The molecule has 0 atom stereocenters.